The van der Waals surface area contributed by atoms with E-state index in [4.69, 9.17) is 5.84 Å². The Morgan fingerprint density at radius 3 is 2.65 bits per heavy atom. The van der Waals surface area contributed by atoms with Gasteiger partial charge in [-0.25, -0.2) is 10.8 Å². The number of hydrazine groups is 1. The van der Waals surface area contributed by atoms with Gasteiger partial charge in [0.05, 0.1) is 0 Å². The fraction of sp³-hybridized carbons (Fsp3) is 0.500. The minimum atomic E-state index is 0.255. The van der Waals surface area contributed by atoms with E-state index in [0.717, 1.165) is 0 Å². The van der Waals surface area contributed by atoms with Crippen molar-refractivity contribution in [1.29, 1.82) is 0 Å². The molecule has 0 fully saturated rings. The third kappa shape index (κ3) is 3.36. The maximum Gasteiger partial charge on any atom is 0.258 e. The van der Waals surface area contributed by atoms with Gasteiger partial charge in [0.15, 0.2) is 0 Å². The fourth-order valence-electron chi connectivity index (χ4n) is 1.34. The molecule has 0 aromatic carbocycles. The highest BCUT2D eigenvalue weighted by Crippen LogP contribution is 2.07. The summed E-state index contributed by atoms with van der Waals surface area (Å²) in [4.78, 5) is 18.5. The molecule has 20 heavy (non-hydrogen) atoms. The van der Waals surface area contributed by atoms with Gasteiger partial charge in [-0.1, -0.05) is 0 Å². The van der Waals surface area contributed by atoms with Crippen LogP contribution in [-0.2, 0) is 0 Å². The molecule has 10 heteroatoms. The van der Waals surface area contributed by atoms with E-state index < -0.39 is 0 Å². The second-order valence-electron chi connectivity index (χ2n) is 4.46. The Hall–Kier alpha value is -2.33. The number of nitrogens with one attached hydrogen (secondary N) is 2. The first kappa shape index (κ1) is 14.1. The van der Waals surface area contributed by atoms with Crippen molar-refractivity contribution in [2.24, 2.45) is 5.84 Å². The lowest BCUT2D eigenvalue weighted by atomic mass is 10.3. The predicted molar refractivity (Wildman–Crippen MR) is 74.2 cm³/mol. The second kappa shape index (κ2) is 6.21. The molecule has 2 aromatic rings. The van der Waals surface area contributed by atoms with Gasteiger partial charge in [-0.05, 0) is 21.0 Å². The van der Waals surface area contributed by atoms with Crippen molar-refractivity contribution in [1.82, 2.24) is 34.6 Å². The molecule has 0 aliphatic heterocycles. The number of nitrogens with two attached hydrogens (primary N) is 1. The van der Waals surface area contributed by atoms with Gasteiger partial charge in [-0.15, -0.1) is 0 Å². The first-order valence-corrected chi connectivity index (χ1v) is 6.08. The first-order valence-electron chi connectivity index (χ1n) is 6.08. The Kier molecular flexibility index (Phi) is 4.38. The quantitative estimate of drug-likeness (QED) is 0.455. The summed E-state index contributed by atoms with van der Waals surface area (Å²) in [6.07, 6.45) is 2.91. The minimum absolute atomic E-state index is 0.255. The zero-order valence-corrected chi connectivity index (χ0v) is 11.6. The number of nitrogens with zero attached hydrogens (tertiary/aromatic N) is 7. The topological polar surface area (TPSA) is 123 Å². The smallest absolute Gasteiger partial charge is 0.258 e. The van der Waals surface area contributed by atoms with Crippen LogP contribution in [0, 0.1) is 0 Å². The zero-order chi connectivity index (χ0) is 14.5. The SMILES string of the molecule is CC(CNc1nc(NN)nc(-n2cncn2)n1)N(C)C. The lowest BCUT2D eigenvalue weighted by molar-refractivity contribution is 0.325. The van der Waals surface area contributed by atoms with Crippen LogP contribution < -0.4 is 16.6 Å². The molecule has 0 saturated heterocycles. The van der Waals surface area contributed by atoms with Crippen LogP contribution in [0.5, 0.6) is 0 Å². The van der Waals surface area contributed by atoms with Gasteiger partial charge in [0.2, 0.25) is 11.9 Å². The molecule has 0 bridgehead atoms. The van der Waals surface area contributed by atoms with Crippen molar-refractivity contribution in [2.75, 3.05) is 31.4 Å². The highest BCUT2D eigenvalue weighted by atomic mass is 15.4. The Bertz CT molecular complexity index is 537. The van der Waals surface area contributed by atoms with Crippen LogP contribution in [0.15, 0.2) is 12.7 Å². The van der Waals surface area contributed by atoms with E-state index in [9.17, 15) is 0 Å². The van der Waals surface area contributed by atoms with E-state index >= 15 is 0 Å². The molecule has 0 spiro atoms. The monoisotopic (exact) mass is 278 g/mol. The molecule has 2 aromatic heterocycles. The molecule has 1 unspecified atom stereocenters. The number of rotatable bonds is 6. The molecule has 108 valence electrons. The molecule has 0 amide bonds. The summed E-state index contributed by atoms with van der Waals surface area (Å²) in [5.41, 5.74) is 2.41. The Morgan fingerprint density at radius 2 is 2.05 bits per heavy atom. The van der Waals surface area contributed by atoms with Gasteiger partial charge in [0, 0.05) is 12.6 Å². The van der Waals surface area contributed by atoms with Crippen molar-refractivity contribution in [3.8, 4) is 5.95 Å². The normalized spacial score (nSPS) is 12.4. The number of hydrogen-bond acceptors (Lipinski definition) is 9. The highest BCUT2D eigenvalue weighted by Gasteiger charge is 2.10. The van der Waals surface area contributed by atoms with E-state index in [1.807, 2.05) is 14.1 Å². The molecule has 10 nitrogen and oxygen atoms in total. The van der Waals surface area contributed by atoms with Crippen molar-refractivity contribution in [2.45, 2.75) is 13.0 Å². The zero-order valence-electron chi connectivity index (χ0n) is 11.6. The third-order valence-electron chi connectivity index (χ3n) is 2.81. The number of anilines is 2. The van der Waals surface area contributed by atoms with E-state index in [0.29, 0.717) is 24.5 Å². The van der Waals surface area contributed by atoms with Gasteiger partial charge < -0.3 is 10.2 Å². The van der Waals surface area contributed by atoms with E-state index in [2.05, 4.69) is 47.6 Å². The Labute approximate surface area is 116 Å². The molecule has 0 radical (unpaired) electrons. The molecular formula is C10H18N10. The molecule has 2 heterocycles. The van der Waals surface area contributed by atoms with Crippen LogP contribution >= 0.6 is 0 Å². The van der Waals surface area contributed by atoms with Gasteiger partial charge in [-0.2, -0.15) is 24.7 Å². The average molecular weight is 278 g/mol. The molecule has 0 aliphatic rings. The van der Waals surface area contributed by atoms with Crippen molar-refractivity contribution in [3.63, 3.8) is 0 Å². The van der Waals surface area contributed by atoms with E-state index in [1.54, 1.807) is 0 Å². The highest BCUT2D eigenvalue weighted by molar-refractivity contribution is 5.36. The van der Waals surface area contributed by atoms with Gasteiger partial charge in [-0.3, -0.25) is 5.43 Å². The van der Waals surface area contributed by atoms with E-state index in [1.165, 1.54) is 17.3 Å². The van der Waals surface area contributed by atoms with Crippen LogP contribution in [0.1, 0.15) is 6.92 Å². The maximum atomic E-state index is 5.36. The Morgan fingerprint density at radius 1 is 1.30 bits per heavy atom. The van der Waals surface area contributed by atoms with Crippen LogP contribution in [0.2, 0.25) is 0 Å². The fourth-order valence-corrected chi connectivity index (χ4v) is 1.34. The van der Waals surface area contributed by atoms with Crippen LogP contribution in [-0.4, -0.2) is 61.3 Å². The summed E-state index contributed by atoms with van der Waals surface area (Å²) >= 11 is 0. The van der Waals surface area contributed by atoms with Gasteiger partial charge in [0.25, 0.3) is 5.95 Å². The Balaban J connectivity index is 2.18. The summed E-state index contributed by atoms with van der Waals surface area (Å²) in [7, 11) is 4.01. The van der Waals surface area contributed by atoms with Crippen molar-refractivity contribution >= 4 is 11.9 Å². The summed E-state index contributed by atoms with van der Waals surface area (Å²) in [5.74, 6) is 6.38. The summed E-state index contributed by atoms with van der Waals surface area (Å²) in [5, 5.41) is 7.12. The van der Waals surface area contributed by atoms with Crippen LogP contribution in [0.4, 0.5) is 11.9 Å². The van der Waals surface area contributed by atoms with E-state index in [-0.39, 0.29) is 5.95 Å². The largest absolute Gasteiger partial charge is 0.352 e. The summed E-state index contributed by atoms with van der Waals surface area (Å²) in [6.45, 7) is 2.78. The number of aromatic nitrogens is 6. The minimum Gasteiger partial charge on any atom is -0.352 e. The second-order valence-corrected chi connectivity index (χ2v) is 4.46. The van der Waals surface area contributed by atoms with Gasteiger partial charge in [0.1, 0.15) is 12.7 Å². The predicted octanol–water partition coefficient (Wildman–Crippen LogP) is -0.900. The van der Waals surface area contributed by atoms with Crippen molar-refractivity contribution < 1.29 is 0 Å². The number of likely N-dealkylation sites (N-methyl/N-ethyl adjacent to an activating group) is 1. The molecule has 1 atom stereocenters. The lowest BCUT2D eigenvalue weighted by Gasteiger charge is -2.20. The number of nitrogen functional groups attached to an aromatic ring is 1. The molecule has 4 N–H and O–H groups in total. The molecular weight excluding hydrogens is 260 g/mol. The maximum absolute atomic E-state index is 5.36. The third-order valence-corrected chi connectivity index (χ3v) is 2.81. The van der Waals surface area contributed by atoms with Gasteiger partial charge >= 0.3 is 0 Å². The summed E-state index contributed by atoms with van der Waals surface area (Å²) < 4.78 is 1.43. The molecule has 2 rings (SSSR count). The number of hydrogen-bond donors (Lipinski definition) is 3. The van der Waals surface area contributed by atoms with Crippen LogP contribution in [0.25, 0.3) is 5.95 Å². The van der Waals surface area contributed by atoms with Crippen molar-refractivity contribution in [3.05, 3.63) is 12.7 Å². The molecule has 0 saturated carbocycles. The first-order chi connectivity index (χ1) is 9.60. The molecule has 0 aliphatic carbocycles. The lowest BCUT2D eigenvalue weighted by Crippen LogP contribution is -2.32. The summed E-state index contributed by atoms with van der Waals surface area (Å²) in [6, 6.07) is 0.330. The average Bonchev–Trinajstić information content (AvgIpc) is 2.98. The van der Waals surface area contributed by atoms with Crippen LogP contribution in [0.3, 0.4) is 0 Å². The standard InChI is InChI=1S/C10H18N10/c1-7(19(2)3)4-13-8-15-9(18-11)17-10(16-8)20-6-12-5-14-20/h5-7H,4,11H2,1-3H3,(H2,13,15,16,17,18).